The Morgan fingerprint density at radius 3 is 2.65 bits per heavy atom. The van der Waals surface area contributed by atoms with Gasteiger partial charge in [-0.1, -0.05) is 18.2 Å². The number of methoxy groups -OCH3 is 1. The van der Waals surface area contributed by atoms with Gasteiger partial charge < -0.3 is 9.30 Å². The van der Waals surface area contributed by atoms with Crippen molar-refractivity contribution in [1.82, 2.24) is 9.55 Å². The number of esters is 1. The zero-order chi connectivity index (χ0) is 22.2. The van der Waals surface area contributed by atoms with Crippen molar-refractivity contribution >= 4 is 38.0 Å². The number of fused-ring (bicyclic) bond motifs is 1. The van der Waals surface area contributed by atoms with Crippen LogP contribution in [-0.2, 0) is 32.3 Å². The van der Waals surface area contributed by atoms with E-state index in [4.69, 9.17) is 4.74 Å². The van der Waals surface area contributed by atoms with Crippen molar-refractivity contribution in [3.63, 3.8) is 0 Å². The van der Waals surface area contributed by atoms with E-state index in [2.05, 4.69) is 4.98 Å². The van der Waals surface area contributed by atoms with Crippen molar-refractivity contribution in [2.45, 2.75) is 29.1 Å². The molecular formula is C22H19FN2O4S2. The van der Waals surface area contributed by atoms with E-state index in [1.807, 2.05) is 6.92 Å². The van der Waals surface area contributed by atoms with Gasteiger partial charge in [0.05, 0.1) is 12.0 Å². The topological polar surface area (TPSA) is 78.3 Å². The number of sulfone groups is 1. The number of hydrogen-bond acceptors (Lipinski definition) is 6. The van der Waals surface area contributed by atoms with Gasteiger partial charge in [0.25, 0.3) is 0 Å². The monoisotopic (exact) mass is 458 g/mol. The fourth-order valence-corrected chi connectivity index (χ4v) is 6.12. The first-order valence-electron chi connectivity index (χ1n) is 9.40. The number of benzene rings is 2. The van der Waals surface area contributed by atoms with Gasteiger partial charge in [-0.05, 0) is 42.8 Å². The third kappa shape index (κ3) is 3.98. The Hall–Kier alpha value is -3.04. The van der Waals surface area contributed by atoms with E-state index in [1.165, 1.54) is 37.6 Å². The van der Waals surface area contributed by atoms with Crippen molar-refractivity contribution in [3.05, 3.63) is 76.7 Å². The molecule has 0 amide bonds. The number of hydrogen-bond donors (Lipinski definition) is 0. The highest BCUT2D eigenvalue weighted by molar-refractivity contribution is 7.93. The predicted octanol–water partition coefficient (Wildman–Crippen LogP) is 4.14. The number of nitrogens with zero attached hydrogens (tertiary/aromatic N) is 2. The van der Waals surface area contributed by atoms with E-state index in [-0.39, 0.29) is 21.6 Å². The fourth-order valence-electron chi connectivity index (χ4n) is 3.51. The molecule has 0 unspecified atom stereocenters. The summed E-state index contributed by atoms with van der Waals surface area (Å²) in [4.78, 5) is 16.9. The minimum atomic E-state index is -3.70. The van der Waals surface area contributed by atoms with E-state index < -0.39 is 15.8 Å². The Balaban J connectivity index is 1.74. The molecule has 0 aliphatic carbocycles. The summed E-state index contributed by atoms with van der Waals surface area (Å²) in [6.45, 7) is 1.85. The van der Waals surface area contributed by atoms with Gasteiger partial charge in [0, 0.05) is 34.1 Å². The summed E-state index contributed by atoms with van der Waals surface area (Å²) in [6.07, 6.45) is 1.89. The third-order valence-corrected chi connectivity index (χ3v) is 8.26. The number of rotatable bonds is 6. The molecular weight excluding hydrogens is 439 g/mol. The number of halogens is 1. The summed E-state index contributed by atoms with van der Waals surface area (Å²) < 4.78 is 46.2. The molecule has 0 bridgehead atoms. The van der Waals surface area contributed by atoms with Crippen molar-refractivity contribution in [3.8, 4) is 0 Å². The molecule has 2 aromatic carbocycles. The molecule has 4 rings (SSSR count). The first kappa shape index (κ1) is 21.2. The Labute approximate surface area is 182 Å². The van der Waals surface area contributed by atoms with Gasteiger partial charge in [0.15, 0.2) is 0 Å². The second-order valence-electron chi connectivity index (χ2n) is 6.97. The minimum Gasteiger partial charge on any atom is -0.468 e. The first-order valence-corrected chi connectivity index (χ1v) is 11.7. The molecule has 0 atom stereocenters. The van der Waals surface area contributed by atoms with E-state index >= 15 is 0 Å². The lowest BCUT2D eigenvalue weighted by Gasteiger charge is -2.07. The minimum absolute atomic E-state index is 0.000786. The molecule has 0 spiro atoms. The van der Waals surface area contributed by atoms with Gasteiger partial charge in [-0.15, -0.1) is 11.3 Å². The molecule has 2 heterocycles. The van der Waals surface area contributed by atoms with Gasteiger partial charge in [-0.2, -0.15) is 0 Å². The van der Waals surface area contributed by atoms with Gasteiger partial charge in [0.2, 0.25) is 14.2 Å². The second kappa shape index (κ2) is 8.24. The van der Waals surface area contributed by atoms with Crippen LogP contribution >= 0.6 is 11.3 Å². The normalized spacial score (nSPS) is 11.7. The molecule has 0 aliphatic rings. The van der Waals surface area contributed by atoms with Gasteiger partial charge >= 0.3 is 5.97 Å². The number of aromatic nitrogens is 2. The van der Waals surface area contributed by atoms with Crippen molar-refractivity contribution in [1.29, 1.82) is 0 Å². The third-order valence-electron chi connectivity index (χ3n) is 5.10. The maximum Gasteiger partial charge on any atom is 0.325 e. The van der Waals surface area contributed by atoms with Crippen molar-refractivity contribution in [2.75, 3.05) is 7.11 Å². The maximum absolute atomic E-state index is 14.0. The quantitative estimate of drug-likeness (QED) is 0.406. The van der Waals surface area contributed by atoms with E-state index in [0.717, 1.165) is 27.5 Å². The average molecular weight is 459 g/mol. The smallest absolute Gasteiger partial charge is 0.325 e. The van der Waals surface area contributed by atoms with Crippen LogP contribution < -0.4 is 0 Å². The summed E-state index contributed by atoms with van der Waals surface area (Å²) in [5, 5.41) is 0.669. The van der Waals surface area contributed by atoms with Crippen LogP contribution in [0, 0.1) is 12.7 Å². The van der Waals surface area contributed by atoms with Crippen LogP contribution in [0.3, 0.4) is 0 Å². The molecule has 0 aliphatic heterocycles. The molecule has 2 aromatic heterocycles. The zero-order valence-electron chi connectivity index (χ0n) is 16.8. The van der Waals surface area contributed by atoms with Crippen LogP contribution in [0.15, 0.2) is 64.0 Å². The van der Waals surface area contributed by atoms with Gasteiger partial charge in [-0.25, -0.2) is 17.8 Å². The lowest BCUT2D eigenvalue weighted by molar-refractivity contribution is -0.141. The maximum atomic E-state index is 14.0. The standard InChI is InChI=1S/C22H19FN2O4S2/c1-14-18(19-10-15(23)8-9-20(19)25(14)13-21(26)29-2)11-16-12-24-22(30-16)31(27,28)17-6-4-3-5-7-17/h3-10,12H,11,13H2,1-2H3. The molecule has 160 valence electrons. The van der Waals surface area contributed by atoms with Crippen LogP contribution in [0.5, 0.6) is 0 Å². The average Bonchev–Trinajstić information content (AvgIpc) is 3.34. The van der Waals surface area contributed by atoms with Crippen LogP contribution in [0.2, 0.25) is 0 Å². The summed E-state index contributed by atoms with van der Waals surface area (Å²) in [5.41, 5.74) is 2.30. The van der Waals surface area contributed by atoms with Crippen LogP contribution in [-0.4, -0.2) is 31.0 Å². The number of carbonyl (C=O) groups excluding carboxylic acids is 1. The lowest BCUT2D eigenvalue weighted by atomic mass is 10.1. The molecule has 6 nitrogen and oxygen atoms in total. The molecule has 4 aromatic rings. The van der Waals surface area contributed by atoms with Crippen LogP contribution in [0.4, 0.5) is 4.39 Å². The lowest BCUT2D eigenvalue weighted by Crippen LogP contribution is -2.12. The first-order chi connectivity index (χ1) is 14.8. The van der Waals surface area contributed by atoms with Gasteiger partial charge in [0.1, 0.15) is 12.4 Å². The molecule has 0 saturated heterocycles. The summed E-state index contributed by atoms with van der Waals surface area (Å²) in [7, 11) is -2.39. The molecule has 0 fully saturated rings. The Morgan fingerprint density at radius 2 is 1.94 bits per heavy atom. The molecule has 0 radical (unpaired) electrons. The van der Waals surface area contributed by atoms with Crippen LogP contribution in [0.25, 0.3) is 10.9 Å². The summed E-state index contributed by atoms with van der Waals surface area (Å²) >= 11 is 1.08. The largest absolute Gasteiger partial charge is 0.468 e. The van der Waals surface area contributed by atoms with E-state index in [1.54, 1.807) is 28.8 Å². The summed E-state index contributed by atoms with van der Waals surface area (Å²) in [5.74, 6) is -0.800. The number of thiazole rings is 1. The van der Waals surface area contributed by atoms with Gasteiger partial charge in [-0.3, -0.25) is 4.79 Å². The molecule has 9 heteroatoms. The predicted molar refractivity (Wildman–Crippen MR) is 115 cm³/mol. The number of ether oxygens (including phenoxy) is 1. The SMILES string of the molecule is COC(=O)Cn1c(C)c(Cc2cnc(S(=O)(=O)c3ccccc3)s2)c2cc(F)ccc21. The van der Waals surface area contributed by atoms with Crippen molar-refractivity contribution in [2.24, 2.45) is 0 Å². The Bertz CT molecular complexity index is 1380. The van der Waals surface area contributed by atoms with E-state index in [0.29, 0.717) is 17.3 Å². The fraction of sp³-hybridized carbons (Fsp3) is 0.182. The second-order valence-corrected chi connectivity index (χ2v) is 10.2. The zero-order valence-corrected chi connectivity index (χ0v) is 18.5. The highest BCUT2D eigenvalue weighted by atomic mass is 32.2. The summed E-state index contributed by atoms with van der Waals surface area (Å²) in [6, 6.07) is 12.5. The number of carbonyl (C=O) groups is 1. The molecule has 31 heavy (non-hydrogen) atoms. The molecule has 0 N–H and O–H groups in total. The molecule has 0 saturated carbocycles. The van der Waals surface area contributed by atoms with Crippen molar-refractivity contribution < 1.29 is 22.3 Å². The highest BCUT2D eigenvalue weighted by Crippen LogP contribution is 2.32. The Morgan fingerprint density at radius 1 is 1.19 bits per heavy atom. The van der Waals surface area contributed by atoms with Crippen LogP contribution in [0.1, 0.15) is 16.1 Å². The van der Waals surface area contributed by atoms with E-state index in [9.17, 15) is 17.6 Å². The Kier molecular flexibility index (Phi) is 5.63. The highest BCUT2D eigenvalue weighted by Gasteiger charge is 2.23.